The molecule has 4 atom stereocenters. The zero-order chi connectivity index (χ0) is 19.8. The fourth-order valence-electron chi connectivity index (χ4n) is 4.36. The Morgan fingerprint density at radius 2 is 1.19 bits per heavy atom. The number of ether oxygens (including phenoxy) is 1. The van der Waals surface area contributed by atoms with Crippen molar-refractivity contribution in [2.24, 2.45) is 23.7 Å². The van der Waals surface area contributed by atoms with Crippen molar-refractivity contribution in [2.45, 2.75) is 70.6 Å². The van der Waals surface area contributed by atoms with Crippen LogP contribution < -0.4 is 10.2 Å². The molecule has 0 spiro atoms. The van der Waals surface area contributed by atoms with Gasteiger partial charge in [0.1, 0.15) is 5.78 Å². The Bertz CT molecular complexity index is 509. The second-order valence-corrected chi connectivity index (χ2v) is 7.72. The van der Waals surface area contributed by atoms with Gasteiger partial charge in [-0.3, -0.25) is 9.59 Å². The van der Waals surface area contributed by atoms with E-state index in [1.165, 1.54) is 0 Å². The van der Waals surface area contributed by atoms with Gasteiger partial charge >= 0.3 is 5.97 Å². The number of carboxylic acids is 2. The lowest BCUT2D eigenvalue weighted by Crippen LogP contribution is -2.41. The third-order valence-corrected chi connectivity index (χ3v) is 5.92. The summed E-state index contributed by atoms with van der Waals surface area (Å²) in [6.45, 7) is 0.136. The second kappa shape index (κ2) is 10.4. The van der Waals surface area contributed by atoms with E-state index in [4.69, 9.17) is 4.74 Å². The normalized spacial score (nSPS) is 28.3. The van der Waals surface area contributed by atoms with Gasteiger partial charge in [0, 0.05) is 36.1 Å². The molecule has 0 unspecified atom stereocenters. The summed E-state index contributed by atoms with van der Waals surface area (Å²) in [6, 6.07) is 0. The molecule has 7 heteroatoms. The first-order valence-electron chi connectivity index (χ1n) is 10.0. The predicted octanol–water partition coefficient (Wildman–Crippen LogP) is 0.382. The van der Waals surface area contributed by atoms with Crippen LogP contribution in [0, 0.1) is 23.7 Å². The molecule has 0 bridgehead atoms. The molecule has 2 saturated carbocycles. The lowest BCUT2D eigenvalue weighted by Gasteiger charge is -2.31. The van der Waals surface area contributed by atoms with Crippen molar-refractivity contribution in [3.63, 3.8) is 0 Å². The van der Waals surface area contributed by atoms with E-state index in [1.54, 1.807) is 0 Å². The number of rotatable bonds is 9. The highest BCUT2D eigenvalue weighted by Gasteiger charge is 2.33. The molecule has 0 N–H and O–H groups in total. The molecule has 0 aliphatic heterocycles. The third-order valence-electron chi connectivity index (χ3n) is 5.92. The van der Waals surface area contributed by atoms with Gasteiger partial charge < -0.3 is 24.5 Å². The zero-order valence-corrected chi connectivity index (χ0v) is 15.7. The molecular weight excluding hydrogens is 352 g/mol. The molecule has 0 aromatic carbocycles. The van der Waals surface area contributed by atoms with Crippen LogP contribution in [0.3, 0.4) is 0 Å². The van der Waals surface area contributed by atoms with Gasteiger partial charge in [-0.05, 0) is 38.5 Å². The molecular formula is C20H28O7-2. The number of carboxylic acid groups (broad SMARTS) is 2. The standard InChI is InChI=1S/C20H30O7/c21-17(13-7-1-2-8-14(13)18(22)23)11-5-6-12-27-20(26)16-10-4-3-9-15(16)19(24)25/h13-16H,1-12H2,(H,22,23)(H,24,25)/p-2/t13-,14+,15-,16+/m0/s1. The number of aliphatic carboxylic acids is 2. The van der Waals surface area contributed by atoms with E-state index in [9.17, 15) is 29.4 Å². The van der Waals surface area contributed by atoms with Crippen LogP contribution >= 0.6 is 0 Å². The fourth-order valence-corrected chi connectivity index (χ4v) is 4.36. The molecule has 0 radical (unpaired) electrons. The maximum Gasteiger partial charge on any atom is 0.309 e. The van der Waals surface area contributed by atoms with E-state index in [-0.39, 0.29) is 18.8 Å². The minimum atomic E-state index is -1.20. The van der Waals surface area contributed by atoms with Crippen LogP contribution in [0.15, 0.2) is 0 Å². The summed E-state index contributed by atoms with van der Waals surface area (Å²) in [5, 5.41) is 22.3. The van der Waals surface area contributed by atoms with Crippen LogP contribution in [-0.4, -0.2) is 30.3 Å². The lowest BCUT2D eigenvalue weighted by molar-refractivity contribution is -0.315. The molecule has 2 aliphatic rings. The Morgan fingerprint density at radius 1 is 0.704 bits per heavy atom. The highest BCUT2D eigenvalue weighted by molar-refractivity contribution is 5.86. The predicted molar refractivity (Wildman–Crippen MR) is 90.7 cm³/mol. The largest absolute Gasteiger partial charge is 0.550 e. The van der Waals surface area contributed by atoms with E-state index in [0.29, 0.717) is 38.5 Å². The zero-order valence-electron chi connectivity index (χ0n) is 15.7. The number of Topliss-reactive ketones (excluding diaryl/α,β-unsaturated/α-hetero) is 1. The summed E-state index contributed by atoms with van der Waals surface area (Å²) < 4.78 is 5.20. The summed E-state index contributed by atoms with van der Waals surface area (Å²) in [5.41, 5.74) is 0. The number of ketones is 1. The maximum absolute atomic E-state index is 12.3. The summed E-state index contributed by atoms with van der Waals surface area (Å²) in [4.78, 5) is 46.7. The molecule has 0 aromatic rings. The first-order chi connectivity index (χ1) is 12.9. The Kier molecular flexibility index (Phi) is 8.25. The summed E-state index contributed by atoms with van der Waals surface area (Å²) in [5.74, 6) is -5.46. The number of unbranched alkanes of at least 4 members (excludes halogenated alkanes) is 1. The molecule has 27 heavy (non-hydrogen) atoms. The number of carbonyl (C=O) groups excluding carboxylic acids is 4. The Labute approximate surface area is 159 Å². The molecule has 0 heterocycles. The SMILES string of the molecule is O=C([O-])[C@H]1CCCC[C@H]1C(=O)OCCCCC(=O)[C@H]1CCCC[C@H]1C(=O)[O-]. The van der Waals surface area contributed by atoms with Crippen LogP contribution in [0.25, 0.3) is 0 Å². The average Bonchev–Trinajstić information content (AvgIpc) is 2.67. The van der Waals surface area contributed by atoms with Crippen LogP contribution in [0.2, 0.25) is 0 Å². The van der Waals surface area contributed by atoms with Gasteiger partial charge in [0.15, 0.2) is 0 Å². The average molecular weight is 380 g/mol. The first-order valence-corrected chi connectivity index (χ1v) is 10.0. The van der Waals surface area contributed by atoms with Gasteiger partial charge in [-0.15, -0.1) is 0 Å². The molecule has 7 nitrogen and oxygen atoms in total. The molecule has 2 aliphatic carbocycles. The van der Waals surface area contributed by atoms with Crippen molar-refractivity contribution >= 4 is 23.7 Å². The lowest BCUT2D eigenvalue weighted by atomic mass is 9.76. The van der Waals surface area contributed by atoms with Crippen molar-refractivity contribution in [1.82, 2.24) is 0 Å². The van der Waals surface area contributed by atoms with Gasteiger partial charge in [-0.1, -0.05) is 25.7 Å². The van der Waals surface area contributed by atoms with E-state index < -0.39 is 41.6 Å². The van der Waals surface area contributed by atoms with E-state index in [2.05, 4.69) is 0 Å². The maximum atomic E-state index is 12.3. The first kappa shape index (κ1) is 21.4. The quantitative estimate of drug-likeness (QED) is 0.418. The highest BCUT2D eigenvalue weighted by atomic mass is 16.5. The molecule has 0 saturated heterocycles. The number of carbonyl (C=O) groups is 4. The molecule has 152 valence electrons. The fraction of sp³-hybridized carbons (Fsp3) is 0.800. The van der Waals surface area contributed by atoms with Gasteiger partial charge in [0.2, 0.25) is 0 Å². The molecule has 0 amide bonds. The van der Waals surface area contributed by atoms with Crippen molar-refractivity contribution in [1.29, 1.82) is 0 Å². The number of hydrogen-bond donors (Lipinski definition) is 0. The molecule has 2 rings (SSSR count). The van der Waals surface area contributed by atoms with Crippen molar-refractivity contribution < 1.29 is 34.1 Å². The molecule has 2 fully saturated rings. The van der Waals surface area contributed by atoms with Gasteiger partial charge in [0.25, 0.3) is 0 Å². The Hall–Kier alpha value is -1.92. The Morgan fingerprint density at radius 3 is 1.74 bits per heavy atom. The minimum Gasteiger partial charge on any atom is -0.550 e. The number of esters is 1. The van der Waals surface area contributed by atoms with Crippen molar-refractivity contribution in [3.05, 3.63) is 0 Å². The number of hydrogen-bond acceptors (Lipinski definition) is 7. The van der Waals surface area contributed by atoms with Crippen LogP contribution in [0.1, 0.15) is 70.6 Å². The molecule has 0 aromatic heterocycles. The smallest absolute Gasteiger partial charge is 0.309 e. The third kappa shape index (κ3) is 6.04. The van der Waals surface area contributed by atoms with Crippen molar-refractivity contribution in [3.8, 4) is 0 Å². The summed E-state index contributed by atoms with van der Waals surface area (Å²) in [6.07, 6.45) is 6.55. The van der Waals surface area contributed by atoms with Crippen molar-refractivity contribution in [2.75, 3.05) is 6.61 Å². The summed E-state index contributed by atoms with van der Waals surface area (Å²) in [7, 11) is 0. The van der Waals surface area contributed by atoms with E-state index in [0.717, 1.165) is 25.7 Å². The summed E-state index contributed by atoms with van der Waals surface area (Å²) >= 11 is 0. The van der Waals surface area contributed by atoms with Gasteiger partial charge in [-0.25, -0.2) is 0 Å². The van der Waals surface area contributed by atoms with Crippen LogP contribution in [-0.2, 0) is 23.9 Å². The second-order valence-electron chi connectivity index (χ2n) is 7.72. The van der Waals surface area contributed by atoms with E-state index >= 15 is 0 Å². The van der Waals surface area contributed by atoms with Gasteiger partial charge in [0.05, 0.1) is 12.5 Å². The van der Waals surface area contributed by atoms with Crippen LogP contribution in [0.4, 0.5) is 0 Å². The highest BCUT2D eigenvalue weighted by Crippen LogP contribution is 2.32. The Balaban J connectivity index is 1.69. The van der Waals surface area contributed by atoms with Gasteiger partial charge in [-0.2, -0.15) is 0 Å². The minimum absolute atomic E-state index is 0.0560. The van der Waals surface area contributed by atoms with E-state index in [1.807, 2.05) is 0 Å². The van der Waals surface area contributed by atoms with Crippen LogP contribution in [0.5, 0.6) is 0 Å². The topological polar surface area (TPSA) is 124 Å². The monoisotopic (exact) mass is 380 g/mol.